The third-order valence-electron chi connectivity index (χ3n) is 4.75. The fraction of sp³-hybridized carbons (Fsp3) is 0.500. The van der Waals surface area contributed by atoms with E-state index in [1.807, 2.05) is 6.07 Å². The van der Waals surface area contributed by atoms with Gasteiger partial charge in [-0.1, -0.05) is 0 Å². The number of carbonyl (C=O) groups excluding carboxylic acids is 3. The molecule has 0 spiro atoms. The molecule has 4 N–H and O–H groups in total. The summed E-state index contributed by atoms with van der Waals surface area (Å²) in [5.74, 6) is 0.0242. The molecule has 1 aromatic carbocycles. The van der Waals surface area contributed by atoms with Gasteiger partial charge in [0, 0.05) is 37.3 Å². The standard InChI is InChI=1S/C18H24N4O3.ClH/c1-11(23)20-10-17(24)22-7-6-13-8-14(4-5-16(13)22)18(25)21-9-15(19)12-2-3-12;/h4-5,8,12,15H,2-3,6-7,9-10,19H2,1H3,(H,20,23)(H,21,25);1H. The lowest BCUT2D eigenvalue weighted by atomic mass is 10.1. The average Bonchev–Trinajstić information content (AvgIpc) is 3.36. The fourth-order valence-electron chi connectivity index (χ4n) is 3.10. The third-order valence-corrected chi connectivity index (χ3v) is 4.75. The Labute approximate surface area is 159 Å². The number of rotatable bonds is 6. The van der Waals surface area contributed by atoms with E-state index in [1.165, 1.54) is 6.92 Å². The van der Waals surface area contributed by atoms with Crippen LogP contribution in [0.1, 0.15) is 35.7 Å². The van der Waals surface area contributed by atoms with Gasteiger partial charge in [-0.05, 0) is 48.9 Å². The van der Waals surface area contributed by atoms with Gasteiger partial charge in [0.15, 0.2) is 0 Å². The molecule has 26 heavy (non-hydrogen) atoms. The van der Waals surface area contributed by atoms with Crippen LogP contribution in [0.3, 0.4) is 0 Å². The van der Waals surface area contributed by atoms with Crippen molar-refractivity contribution in [3.63, 3.8) is 0 Å². The topological polar surface area (TPSA) is 105 Å². The van der Waals surface area contributed by atoms with Gasteiger partial charge >= 0.3 is 0 Å². The predicted molar refractivity (Wildman–Crippen MR) is 101 cm³/mol. The molecule has 1 aromatic rings. The van der Waals surface area contributed by atoms with Crippen molar-refractivity contribution in [2.45, 2.75) is 32.2 Å². The van der Waals surface area contributed by atoms with Crippen molar-refractivity contribution in [1.29, 1.82) is 0 Å². The monoisotopic (exact) mass is 380 g/mol. The van der Waals surface area contributed by atoms with Crippen LogP contribution in [0.2, 0.25) is 0 Å². The highest BCUT2D eigenvalue weighted by atomic mass is 35.5. The van der Waals surface area contributed by atoms with Crippen LogP contribution in [0, 0.1) is 5.92 Å². The normalized spacial score (nSPS) is 16.3. The molecule has 1 heterocycles. The van der Waals surface area contributed by atoms with E-state index in [0.29, 0.717) is 31.0 Å². The Hall–Kier alpha value is -2.12. The minimum absolute atomic E-state index is 0. The Kier molecular flexibility index (Phi) is 6.61. The van der Waals surface area contributed by atoms with Crippen LogP contribution in [0.25, 0.3) is 0 Å². The number of carbonyl (C=O) groups is 3. The molecular formula is C18H25ClN4O3. The number of hydrogen-bond acceptors (Lipinski definition) is 4. The van der Waals surface area contributed by atoms with Gasteiger partial charge in [0.25, 0.3) is 5.91 Å². The van der Waals surface area contributed by atoms with E-state index in [0.717, 1.165) is 24.1 Å². The van der Waals surface area contributed by atoms with Gasteiger partial charge in [-0.25, -0.2) is 0 Å². The number of benzene rings is 1. The first-order chi connectivity index (χ1) is 12.0. The summed E-state index contributed by atoms with van der Waals surface area (Å²) >= 11 is 0. The second-order valence-corrected chi connectivity index (χ2v) is 6.76. The lowest BCUT2D eigenvalue weighted by molar-refractivity contribution is -0.123. The predicted octanol–water partition coefficient (Wildman–Crippen LogP) is 0.601. The Balaban J connectivity index is 0.00000243. The van der Waals surface area contributed by atoms with Gasteiger partial charge < -0.3 is 21.3 Å². The van der Waals surface area contributed by atoms with Crippen molar-refractivity contribution in [3.8, 4) is 0 Å². The molecule has 1 atom stereocenters. The minimum atomic E-state index is -0.232. The number of hydrogen-bond donors (Lipinski definition) is 3. The van der Waals surface area contributed by atoms with E-state index in [-0.39, 0.29) is 42.7 Å². The fourth-order valence-corrected chi connectivity index (χ4v) is 3.10. The molecule has 0 saturated heterocycles. The quantitative estimate of drug-likeness (QED) is 0.672. The molecule has 8 heteroatoms. The number of amides is 3. The van der Waals surface area contributed by atoms with Crippen molar-refractivity contribution < 1.29 is 14.4 Å². The summed E-state index contributed by atoms with van der Waals surface area (Å²) < 4.78 is 0. The molecule has 0 radical (unpaired) electrons. The maximum absolute atomic E-state index is 12.3. The van der Waals surface area contributed by atoms with Gasteiger partial charge in [0.2, 0.25) is 11.8 Å². The first-order valence-corrected chi connectivity index (χ1v) is 8.67. The third kappa shape index (κ3) is 4.74. The molecule has 7 nitrogen and oxygen atoms in total. The molecule has 1 aliphatic carbocycles. The molecule has 0 bridgehead atoms. The molecular weight excluding hydrogens is 356 g/mol. The van der Waals surface area contributed by atoms with Crippen molar-refractivity contribution in [1.82, 2.24) is 10.6 Å². The number of fused-ring (bicyclic) bond motifs is 1. The van der Waals surface area contributed by atoms with Crippen LogP contribution in [0.15, 0.2) is 18.2 Å². The van der Waals surface area contributed by atoms with Gasteiger partial charge in [0.05, 0.1) is 6.54 Å². The van der Waals surface area contributed by atoms with Crippen LogP contribution < -0.4 is 21.3 Å². The smallest absolute Gasteiger partial charge is 0.251 e. The minimum Gasteiger partial charge on any atom is -0.350 e. The molecule has 2 aliphatic rings. The summed E-state index contributed by atoms with van der Waals surface area (Å²) in [5, 5.41) is 5.40. The van der Waals surface area contributed by atoms with E-state index in [4.69, 9.17) is 5.73 Å². The van der Waals surface area contributed by atoms with Gasteiger partial charge in [0.1, 0.15) is 0 Å². The first kappa shape index (κ1) is 20.2. The van der Waals surface area contributed by atoms with Crippen molar-refractivity contribution in [2.75, 3.05) is 24.5 Å². The van der Waals surface area contributed by atoms with E-state index in [9.17, 15) is 14.4 Å². The van der Waals surface area contributed by atoms with E-state index >= 15 is 0 Å². The molecule has 1 fully saturated rings. The number of nitrogens with zero attached hydrogens (tertiary/aromatic N) is 1. The lowest BCUT2D eigenvalue weighted by Crippen LogP contribution is -2.39. The molecule has 3 rings (SSSR count). The maximum Gasteiger partial charge on any atom is 0.251 e. The summed E-state index contributed by atoms with van der Waals surface area (Å²) in [6, 6.07) is 5.38. The molecule has 1 saturated carbocycles. The Morgan fingerprint density at radius 2 is 2.00 bits per heavy atom. The lowest BCUT2D eigenvalue weighted by Gasteiger charge is -2.18. The second kappa shape index (κ2) is 8.51. The number of halogens is 1. The van der Waals surface area contributed by atoms with Gasteiger partial charge in [-0.2, -0.15) is 0 Å². The van der Waals surface area contributed by atoms with Gasteiger partial charge in [-0.15, -0.1) is 12.4 Å². The second-order valence-electron chi connectivity index (χ2n) is 6.76. The zero-order valence-corrected chi connectivity index (χ0v) is 15.6. The van der Waals surface area contributed by atoms with E-state index in [1.54, 1.807) is 17.0 Å². The zero-order chi connectivity index (χ0) is 18.0. The van der Waals surface area contributed by atoms with Crippen LogP contribution in [-0.4, -0.2) is 43.4 Å². The van der Waals surface area contributed by atoms with E-state index < -0.39 is 0 Å². The van der Waals surface area contributed by atoms with Crippen molar-refractivity contribution >= 4 is 35.8 Å². The summed E-state index contributed by atoms with van der Waals surface area (Å²) in [4.78, 5) is 37.1. The Morgan fingerprint density at radius 3 is 2.65 bits per heavy atom. The summed E-state index contributed by atoms with van der Waals surface area (Å²) in [6.45, 7) is 2.41. The maximum atomic E-state index is 12.3. The molecule has 1 aliphatic heterocycles. The molecule has 0 aromatic heterocycles. The summed E-state index contributed by atoms with van der Waals surface area (Å²) in [7, 11) is 0. The van der Waals surface area contributed by atoms with Crippen LogP contribution in [-0.2, 0) is 16.0 Å². The molecule has 142 valence electrons. The number of nitrogens with two attached hydrogens (primary N) is 1. The molecule has 3 amide bonds. The highest BCUT2D eigenvalue weighted by Crippen LogP contribution is 2.31. The number of nitrogens with one attached hydrogen (secondary N) is 2. The van der Waals surface area contributed by atoms with E-state index in [2.05, 4.69) is 10.6 Å². The highest BCUT2D eigenvalue weighted by molar-refractivity contribution is 6.00. The largest absolute Gasteiger partial charge is 0.350 e. The SMILES string of the molecule is CC(=O)NCC(=O)N1CCc2cc(C(=O)NCC(N)C3CC3)ccc21.Cl. The first-order valence-electron chi connectivity index (χ1n) is 8.67. The van der Waals surface area contributed by atoms with Crippen LogP contribution >= 0.6 is 12.4 Å². The summed E-state index contributed by atoms with van der Waals surface area (Å²) in [5.41, 5.74) is 8.36. The highest BCUT2D eigenvalue weighted by Gasteiger charge is 2.29. The summed E-state index contributed by atoms with van der Waals surface area (Å²) in [6.07, 6.45) is 3.00. The Morgan fingerprint density at radius 1 is 1.27 bits per heavy atom. The number of anilines is 1. The zero-order valence-electron chi connectivity index (χ0n) is 14.8. The van der Waals surface area contributed by atoms with Crippen molar-refractivity contribution in [3.05, 3.63) is 29.3 Å². The molecule has 1 unspecified atom stereocenters. The van der Waals surface area contributed by atoms with Crippen molar-refractivity contribution in [2.24, 2.45) is 11.7 Å². The van der Waals surface area contributed by atoms with Gasteiger partial charge in [-0.3, -0.25) is 14.4 Å². The average molecular weight is 381 g/mol. The van der Waals surface area contributed by atoms with Crippen LogP contribution in [0.5, 0.6) is 0 Å². The van der Waals surface area contributed by atoms with Crippen LogP contribution in [0.4, 0.5) is 5.69 Å². The Bertz CT molecular complexity index is 706.